The standard InChI is InChI=1S/C31H34N2O5S/c1-19-5-3-4-6-24(19)17-33-29(35)27(39-30(33)36)13-20-7-8-25(26(12-20)37-2)38-18-28(34)32-31-14-21-9-22(15-31)11-23(10-21)16-31/h3-8,12-13,21-23H,9-11,14-18H2,1-2H3,(H,32,34)/b27-13-. The first-order chi connectivity index (χ1) is 18.8. The summed E-state index contributed by atoms with van der Waals surface area (Å²) in [6.07, 6.45) is 8.96. The zero-order valence-corrected chi connectivity index (χ0v) is 23.2. The molecule has 0 unspecified atom stereocenters. The van der Waals surface area contributed by atoms with Gasteiger partial charge in [0, 0.05) is 5.54 Å². The predicted molar refractivity (Wildman–Crippen MR) is 150 cm³/mol. The number of thioether (sulfide) groups is 1. The van der Waals surface area contributed by atoms with Gasteiger partial charge < -0.3 is 14.8 Å². The number of carbonyl (C=O) groups is 3. The summed E-state index contributed by atoms with van der Waals surface area (Å²) >= 11 is 0.933. The number of nitrogens with one attached hydrogen (secondary N) is 1. The van der Waals surface area contributed by atoms with Gasteiger partial charge in [-0.2, -0.15) is 0 Å². The number of carbonyl (C=O) groups excluding carboxylic acids is 3. The normalized spacial score (nSPS) is 28.3. The smallest absolute Gasteiger partial charge is 0.293 e. The molecule has 2 aromatic rings. The Morgan fingerprint density at radius 1 is 1.05 bits per heavy atom. The van der Waals surface area contributed by atoms with Crippen LogP contribution in [0, 0.1) is 24.7 Å². The SMILES string of the molecule is COc1cc(/C=C2\SC(=O)N(Cc3ccccc3C)C2=O)ccc1OCC(=O)NC12CC3CC(CC(C3)C1)C2. The maximum atomic E-state index is 13.0. The minimum atomic E-state index is -0.311. The number of aryl methyl sites for hydroxylation is 1. The molecule has 5 fully saturated rings. The van der Waals surface area contributed by atoms with Crippen LogP contribution in [0.25, 0.3) is 6.08 Å². The number of hydrogen-bond donors (Lipinski definition) is 1. The Bertz CT molecular complexity index is 1320. The fourth-order valence-electron chi connectivity index (χ4n) is 7.38. The van der Waals surface area contributed by atoms with Crippen molar-refractivity contribution in [1.82, 2.24) is 10.2 Å². The highest BCUT2D eigenvalue weighted by molar-refractivity contribution is 8.18. The van der Waals surface area contributed by atoms with E-state index >= 15 is 0 Å². The summed E-state index contributed by atoms with van der Waals surface area (Å²) in [4.78, 5) is 40.1. The summed E-state index contributed by atoms with van der Waals surface area (Å²) < 4.78 is 11.4. The quantitative estimate of drug-likeness (QED) is 0.428. The zero-order chi connectivity index (χ0) is 27.1. The monoisotopic (exact) mass is 546 g/mol. The van der Waals surface area contributed by atoms with Gasteiger partial charge in [0.15, 0.2) is 18.1 Å². The summed E-state index contributed by atoms with van der Waals surface area (Å²) in [5.41, 5.74) is 2.63. The van der Waals surface area contributed by atoms with Gasteiger partial charge in [0.2, 0.25) is 0 Å². The molecule has 8 heteroatoms. The minimum absolute atomic E-state index is 0.0503. The third-order valence-corrected chi connectivity index (χ3v) is 9.66. The lowest BCUT2D eigenvalue weighted by Gasteiger charge is -2.56. The van der Waals surface area contributed by atoms with Crippen LogP contribution in [0.2, 0.25) is 0 Å². The number of amides is 3. The van der Waals surface area contributed by atoms with Gasteiger partial charge in [-0.25, -0.2) is 0 Å². The maximum absolute atomic E-state index is 13.0. The summed E-state index contributed by atoms with van der Waals surface area (Å²) in [7, 11) is 1.54. The molecule has 204 valence electrons. The van der Waals surface area contributed by atoms with E-state index in [1.54, 1.807) is 24.3 Å². The Morgan fingerprint density at radius 3 is 2.41 bits per heavy atom. The van der Waals surface area contributed by atoms with Crippen LogP contribution in [0.5, 0.6) is 11.5 Å². The Morgan fingerprint density at radius 2 is 1.74 bits per heavy atom. The first-order valence-electron chi connectivity index (χ1n) is 13.7. The molecule has 4 bridgehead atoms. The van der Waals surface area contributed by atoms with Gasteiger partial charge in [-0.3, -0.25) is 19.3 Å². The van der Waals surface area contributed by atoms with Gasteiger partial charge in [0.25, 0.3) is 17.1 Å². The molecule has 7 nitrogen and oxygen atoms in total. The maximum Gasteiger partial charge on any atom is 0.293 e. The molecule has 0 radical (unpaired) electrons. The van der Waals surface area contributed by atoms with Gasteiger partial charge in [-0.05, 0) is 110 Å². The molecule has 4 saturated carbocycles. The van der Waals surface area contributed by atoms with Crippen molar-refractivity contribution < 1.29 is 23.9 Å². The topological polar surface area (TPSA) is 84.9 Å². The highest BCUT2D eigenvalue weighted by atomic mass is 32.2. The van der Waals surface area contributed by atoms with Gasteiger partial charge in [-0.15, -0.1) is 0 Å². The van der Waals surface area contributed by atoms with E-state index in [0.717, 1.165) is 59.9 Å². The van der Waals surface area contributed by atoms with Crippen molar-refractivity contribution in [1.29, 1.82) is 0 Å². The molecule has 4 aliphatic carbocycles. The van der Waals surface area contributed by atoms with Gasteiger partial charge in [0.1, 0.15) is 0 Å². The molecule has 39 heavy (non-hydrogen) atoms. The number of rotatable bonds is 8. The number of benzene rings is 2. The van der Waals surface area contributed by atoms with E-state index in [1.165, 1.54) is 31.3 Å². The average Bonchev–Trinajstić information content (AvgIpc) is 3.15. The molecule has 3 amide bonds. The fourth-order valence-corrected chi connectivity index (χ4v) is 8.22. The van der Waals surface area contributed by atoms with E-state index in [9.17, 15) is 14.4 Å². The molecule has 1 aliphatic heterocycles. The van der Waals surface area contributed by atoms with Crippen molar-refractivity contribution in [2.45, 2.75) is 57.5 Å². The van der Waals surface area contributed by atoms with Gasteiger partial charge in [-0.1, -0.05) is 30.3 Å². The second kappa shape index (κ2) is 10.4. The lowest BCUT2D eigenvalue weighted by Crippen LogP contribution is -2.60. The molecule has 2 aromatic carbocycles. The van der Waals surface area contributed by atoms with E-state index in [0.29, 0.717) is 22.0 Å². The molecule has 0 aromatic heterocycles. The van der Waals surface area contributed by atoms with Crippen molar-refractivity contribution in [2.24, 2.45) is 17.8 Å². The number of imide groups is 1. The fraction of sp³-hybridized carbons (Fsp3) is 0.452. The third-order valence-electron chi connectivity index (χ3n) is 8.75. The van der Waals surface area contributed by atoms with E-state index in [4.69, 9.17) is 9.47 Å². The van der Waals surface area contributed by atoms with Crippen molar-refractivity contribution in [2.75, 3.05) is 13.7 Å². The number of nitrogens with zero attached hydrogens (tertiary/aromatic N) is 1. The lowest BCUT2D eigenvalue weighted by molar-refractivity contribution is -0.129. The Labute approximate surface area is 233 Å². The molecule has 1 N–H and O–H groups in total. The number of ether oxygens (including phenoxy) is 2. The number of methoxy groups -OCH3 is 1. The molecule has 7 rings (SSSR count). The second-order valence-corrected chi connectivity index (χ2v) is 12.6. The zero-order valence-electron chi connectivity index (χ0n) is 22.4. The van der Waals surface area contributed by atoms with Gasteiger partial charge in [0.05, 0.1) is 18.6 Å². The second-order valence-electron chi connectivity index (χ2n) is 11.6. The van der Waals surface area contributed by atoms with Crippen LogP contribution in [-0.4, -0.2) is 41.2 Å². The highest BCUT2D eigenvalue weighted by Gasteiger charge is 2.51. The van der Waals surface area contributed by atoms with Crippen molar-refractivity contribution in [3.63, 3.8) is 0 Å². The first kappa shape index (κ1) is 26.0. The van der Waals surface area contributed by atoms with Crippen LogP contribution >= 0.6 is 11.8 Å². The highest BCUT2D eigenvalue weighted by Crippen LogP contribution is 2.55. The minimum Gasteiger partial charge on any atom is -0.493 e. The molecule has 0 atom stereocenters. The van der Waals surface area contributed by atoms with E-state index in [-0.39, 0.29) is 35.7 Å². The van der Waals surface area contributed by atoms with Crippen LogP contribution in [0.15, 0.2) is 47.4 Å². The summed E-state index contributed by atoms with van der Waals surface area (Å²) in [6.45, 7) is 2.14. The van der Waals surface area contributed by atoms with Crippen LogP contribution in [0.1, 0.15) is 55.2 Å². The Balaban J connectivity index is 1.09. The molecule has 0 spiro atoms. The molecular formula is C31H34N2O5S. The Kier molecular flexibility index (Phi) is 6.91. The van der Waals surface area contributed by atoms with Crippen LogP contribution in [0.4, 0.5) is 4.79 Å². The van der Waals surface area contributed by atoms with Crippen molar-refractivity contribution in [3.05, 3.63) is 64.1 Å². The molecule has 1 heterocycles. The van der Waals surface area contributed by atoms with Crippen LogP contribution in [0.3, 0.4) is 0 Å². The molecule has 5 aliphatic rings. The predicted octanol–water partition coefficient (Wildman–Crippen LogP) is 5.70. The van der Waals surface area contributed by atoms with Crippen LogP contribution in [-0.2, 0) is 16.1 Å². The largest absolute Gasteiger partial charge is 0.493 e. The van der Waals surface area contributed by atoms with E-state index in [2.05, 4.69) is 5.32 Å². The molecular weight excluding hydrogens is 512 g/mol. The first-order valence-corrected chi connectivity index (χ1v) is 14.5. The third kappa shape index (κ3) is 5.31. The summed E-state index contributed by atoms with van der Waals surface area (Å²) in [6, 6.07) is 13.0. The lowest BCUT2D eigenvalue weighted by atomic mass is 9.53. The van der Waals surface area contributed by atoms with Crippen molar-refractivity contribution in [3.8, 4) is 11.5 Å². The summed E-state index contributed by atoms with van der Waals surface area (Å²) in [5.74, 6) is 2.80. The molecule has 1 saturated heterocycles. The number of hydrogen-bond acceptors (Lipinski definition) is 6. The van der Waals surface area contributed by atoms with E-state index in [1.807, 2.05) is 31.2 Å². The summed E-state index contributed by atoms with van der Waals surface area (Å²) in [5, 5.41) is 3.05. The average molecular weight is 547 g/mol. The van der Waals surface area contributed by atoms with E-state index < -0.39 is 0 Å². The van der Waals surface area contributed by atoms with Crippen LogP contribution < -0.4 is 14.8 Å². The van der Waals surface area contributed by atoms with Crippen molar-refractivity contribution >= 4 is 34.9 Å². The van der Waals surface area contributed by atoms with Gasteiger partial charge >= 0.3 is 0 Å². The Hall–Kier alpha value is -3.26.